The van der Waals surface area contributed by atoms with Gasteiger partial charge >= 0.3 is 11.9 Å². The van der Waals surface area contributed by atoms with Crippen LogP contribution in [0.4, 0.5) is 0 Å². The molecule has 0 aromatic rings. The second kappa shape index (κ2) is 6.20. The molecule has 0 saturated heterocycles. The van der Waals surface area contributed by atoms with Crippen molar-refractivity contribution in [2.24, 2.45) is 5.92 Å². The van der Waals surface area contributed by atoms with Crippen LogP contribution in [0.2, 0.25) is 0 Å². The highest BCUT2D eigenvalue weighted by molar-refractivity contribution is 5.82. The van der Waals surface area contributed by atoms with Gasteiger partial charge in [0.25, 0.3) is 0 Å². The smallest absolute Gasteiger partial charge is 0.331 e. The van der Waals surface area contributed by atoms with E-state index in [1.165, 1.54) is 18.2 Å². The molecule has 0 aliphatic heterocycles. The van der Waals surface area contributed by atoms with E-state index in [0.29, 0.717) is 12.8 Å². The highest BCUT2D eigenvalue weighted by atomic mass is 16.6. The Balaban J connectivity index is 2.55. The molecule has 0 aromatic heterocycles. The summed E-state index contributed by atoms with van der Waals surface area (Å²) in [5.74, 6) is -2.07. The first-order valence-electron chi connectivity index (χ1n) is 5.45. The van der Waals surface area contributed by atoms with Crippen LogP contribution >= 0.6 is 0 Å². The normalized spacial score (nSPS) is 28.9. The van der Waals surface area contributed by atoms with Crippen LogP contribution in [0.5, 0.6) is 0 Å². The Morgan fingerprint density at radius 3 is 2.65 bits per heavy atom. The van der Waals surface area contributed by atoms with Crippen LogP contribution in [-0.4, -0.2) is 34.4 Å². The number of ether oxygens (including phenoxy) is 1. The summed E-state index contributed by atoms with van der Waals surface area (Å²) >= 11 is 0. The molecule has 1 fully saturated rings. The summed E-state index contributed by atoms with van der Waals surface area (Å²) < 4.78 is 5.00. The number of carbonyl (C=O) groups excluding carboxylic acids is 1. The number of aliphatic hydroxyl groups is 1. The molecule has 1 saturated carbocycles. The number of hydrogen-bond acceptors (Lipinski definition) is 4. The Morgan fingerprint density at radius 1 is 1.35 bits per heavy atom. The lowest BCUT2D eigenvalue weighted by atomic mass is 9.85. The van der Waals surface area contributed by atoms with E-state index in [4.69, 9.17) is 9.84 Å². The largest absolute Gasteiger partial charge is 0.481 e. The molecule has 0 aromatic carbocycles. The zero-order valence-corrected chi connectivity index (χ0v) is 9.41. The van der Waals surface area contributed by atoms with Gasteiger partial charge in [-0.05, 0) is 12.8 Å². The molecule has 1 aliphatic rings. The molecule has 0 radical (unpaired) electrons. The van der Waals surface area contributed by atoms with Gasteiger partial charge in [0, 0.05) is 12.5 Å². The number of carbonyl (C=O) groups is 2. The Morgan fingerprint density at radius 2 is 2.06 bits per heavy atom. The van der Waals surface area contributed by atoms with Crippen molar-refractivity contribution in [2.45, 2.75) is 31.5 Å². The van der Waals surface area contributed by atoms with Gasteiger partial charge in [0.2, 0.25) is 0 Å². The number of carboxylic acid groups (broad SMARTS) is 1. The summed E-state index contributed by atoms with van der Waals surface area (Å²) in [5, 5.41) is 18.5. The van der Waals surface area contributed by atoms with Crippen LogP contribution in [-0.2, 0) is 14.3 Å². The van der Waals surface area contributed by atoms with Crippen molar-refractivity contribution >= 4 is 11.9 Å². The summed E-state index contributed by atoms with van der Waals surface area (Å²) in [5.41, 5.74) is 0. The zero-order chi connectivity index (χ0) is 12.8. The topological polar surface area (TPSA) is 83.8 Å². The summed E-state index contributed by atoms with van der Waals surface area (Å²) in [4.78, 5) is 22.1. The van der Waals surface area contributed by atoms with Crippen molar-refractivity contribution < 1.29 is 24.5 Å². The van der Waals surface area contributed by atoms with Crippen molar-refractivity contribution in [1.82, 2.24) is 0 Å². The minimum Gasteiger partial charge on any atom is -0.481 e. The van der Waals surface area contributed by atoms with Gasteiger partial charge in [-0.25, -0.2) is 4.79 Å². The van der Waals surface area contributed by atoms with E-state index in [9.17, 15) is 14.7 Å². The summed E-state index contributed by atoms with van der Waals surface area (Å²) in [7, 11) is 0. The minimum absolute atomic E-state index is 0.157. The Bertz CT molecular complexity index is 334. The molecular formula is C12H16O5. The third kappa shape index (κ3) is 4.03. The second-order valence-electron chi connectivity index (χ2n) is 3.99. The summed E-state index contributed by atoms with van der Waals surface area (Å²) in [6.45, 7) is 3.41. The summed E-state index contributed by atoms with van der Waals surface area (Å²) in [6.07, 6.45) is 3.41. The highest BCUT2D eigenvalue weighted by Gasteiger charge is 2.34. The first kappa shape index (κ1) is 13.4. The zero-order valence-electron chi connectivity index (χ0n) is 9.41. The van der Waals surface area contributed by atoms with Crippen LogP contribution in [0, 0.1) is 5.92 Å². The molecule has 1 aliphatic carbocycles. The van der Waals surface area contributed by atoms with Crippen molar-refractivity contribution in [3.8, 4) is 0 Å². The van der Waals surface area contributed by atoms with Gasteiger partial charge in [0.05, 0.1) is 12.0 Å². The van der Waals surface area contributed by atoms with Gasteiger partial charge in [0.15, 0.2) is 0 Å². The van der Waals surface area contributed by atoms with Crippen molar-refractivity contribution in [2.75, 3.05) is 0 Å². The lowest BCUT2D eigenvalue weighted by Gasteiger charge is -2.30. The fraction of sp³-hybridized carbons (Fsp3) is 0.500. The molecule has 3 atom stereocenters. The Labute approximate surface area is 99.4 Å². The maximum Gasteiger partial charge on any atom is 0.331 e. The standard InChI is InChI=1S/C12H16O5/c1-2-3-4-11(14)17-10-7-8(12(15)16)5-6-9(10)13/h2-4,8-10,13H,1,5-7H2,(H,15,16)/b4-3+. The molecule has 3 unspecified atom stereocenters. The van der Waals surface area contributed by atoms with Crippen LogP contribution < -0.4 is 0 Å². The molecule has 0 bridgehead atoms. The lowest BCUT2D eigenvalue weighted by molar-refractivity contribution is -0.159. The van der Waals surface area contributed by atoms with E-state index in [0.717, 1.165) is 0 Å². The quantitative estimate of drug-likeness (QED) is 0.433. The predicted molar refractivity (Wildman–Crippen MR) is 60.2 cm³/mol. The Hall–Kier alpha value is -1.62. The molecule has 5 nitrogen and oxygen atoms in total. The molecule has 0 heterocycles. The molecule has 0 spiro atoms. The van der Waals surface area contributed by atoms with Crippen molar-refractivity contribution in [1.29, 1.82) is 0 Å². The second-order valence-corrected chi connectivity index (χ2v) is 3.99. The van der Waals surface area contributed by atoms with Crippen LogP contribution in [0.15, 0.2) is 24.8 Å². The van der Waals surface area contributed by atoms with Gasteiger partial charge in [0.1, 0.15) is 6.10 Å². The number of rotatable bonds is 4. The van der Waals surface area contributed by atoms with Gasteiger partial charge in [-0.15, -0.1) is 0 Å². The van der Waals surface area contributed by atoms with Crippen LogP contribution in [0.3, 0.4) is 0 Å². The first-order chi connectivity index (χ1) is 8.04. The molecule has 5 heteroatoms. The number of aliphatic carboxylic acids is 1. The van der Waals surface area contributed by atoms with E-state index < -0.39 is 30.1 Å². The minimum atomic E-state index is -0.917. The number of hydrogen-bond donors (Lipinski definition) is 2. The average Bonchev–Trinajstić information content (AvgIpc) is 2.29. The molecule has 17 heavy (non-hydrogen) atoms. The SMILES string of the molecule is C=C/C=C/C(=O)OC1CC(C(=O)O)CCC1O. The lowest BCUT2D eigenvalue weighted by Crippen LogP contribution is -2.39. The number of aliphatic hydroxyl groups excluding tert-OH is 1. The van der Waals surface area contributed by atoms with Crippen LogP contribution in [0.25, 0.3) is 0 Å². The highest BCUT2D eigenvalue weighted by Crippen LogP contribution is 2.27. The van der Waals surface area contributed by atoms with Gasteiger partial charge < -0.3 is 14.9 Å². The van der Waals surface area contributed by atoms with Crippen LogP contribution in [0.1, 0.15) is 19.3 Å². The third-order valence-electron chi connectivity index (χ3n) is 2.74. The maximum absolute atomic E-state index is 11.3. The van der Waals surface area contributed by atoms with Gasteiger partial charge in [-0.2, -0.15) is 0 Å². The van der Waals surface area contributed by atoms with Gasteiger partial charge in [-0.1, -0.05) is 18.7 Å². The van der Waals surface area contributed by atoms with E-state index >= 15 is 0 Å². The first-order valence-corrected chi connectivity index (χ1v) is 5.45. The maximum atomic E-state index is 11.3. The van der Waals surface area contributed by atoms with E-state index in [1.54, 1.807) is 0 Å². The fourth-order valence-electron chi connectivity index (χ4n) is 1.80. The Kier molecular flexibility index (Phi) is 4.90. The number of carboxylic acids is 1. The monoisotopic (exact) mass is 240 g/mol. The fourth-order valence-corrected chi connectivity index (χ4v) is 1.80. The molecule has 1 rings (SSSR count). The molecule has 0 amide bonds. The van der Waals surface area contributed by atoms with E-state index in [1.807, 2.05) is 0 Å². The molecular weight excluding hydrogens is 224 g/mol. The van der Waals surface area contributed by atoms with Gasteiger partial charge in [-0.3, -0.25) is 4.79 Å². The van der Waals surface area contributed by atoms with Crippen molar-refractivity contribution in [3.63, 3.8) is 0 Å². The predicted octanol–water partition coefficient (Wildman–Crippen LogP) is 0.886. The van der Waals surface area contributed by atoms with E-state index in [2.05, 4.69) is 6.58 Å². The number of esters is 1. The number of allylic oxidation sites excluding steroid dienone is 2. The molecule has 2 N–H and O–H groups in total. The average molecular weight is 240 g/mol. The van der Waals surface area contributed by atoms with Crippen molar-refractivity contribution in [3.05, 3.63) is 24.8 Å². The third-order valence-corrected chi connectivity index (χ3v) is 2.74. The summed E-state index contributed by atoms with van der Waals surface area (Å²) in [6, 6.07) is 0. The van der Waals surface area contributed by atoms with E-state index in [-0.39, 0.29) is 6.42 Å². The molecule has 94 valence electrons.